The first-order valence-corrected chi connectivity index (χ1v) is 8.70. The molecule has 1 amide bonds. The Morgan fingerprint density at radius 3 is 2.52 bits per heavy atom. The van der Waals surface area contributed by atoms with Crippen LogP contribution in [0.4, 0.5) is 5.82 Å². The number of amides is 1. The molecule has 0 aliphatic rings. The second-order valence-electron chi connectivity index (χ2n) is 5.37. The highest BCUT2D eigenvalue weighted by atomic mass is 79.9. The molecule has 0 aliphatic carbocycles. The summed E-state index contributed by atoms with van der Waals surface area (Å²) in [5.74, 6) is 1.16. The van der Waals surface area contributed by atoms with E-state index in [2.05, 4.69) is 26.2 Å². The summed E-state index contributed by atoms with van der Waals surface area (Å²) < 4.78 is 6.70. The Balaban J connectivity index is 1.57. The summed E-state index contributed by atoms with van der Waals surface area (Å²) in [6.07, 6.45) is 1.89. The number of hydrogen-bond donors (Lipinski definition) is 1. The number of ether oxygens (including phenoxy) is 1. The highest BCUT2D eigenvalue weighted by molar-refractivity contribution is 9.10. The average Bonchev–Trinajstić information content (AvgIpc) is 2.65. The zero-order valence-electron chi connectivity index (χ0n) is 13.5. The number of anilines is 1. The molecule has 3 rings (SSSR count). The van der Waals surface area contributed by atoms with E-state index in [1.165, 1.54) is 0 Å². The number of halogens is 1. The van der Waals surface area contributed by atoms with Gasteiger partial charge in [0.15, 0.2) is 0 Å². The van der Waals surface area contributed by atoms with Crippen molar-refractivity contribution in [1.29, 1.82) is 0 Å². The van der Waals surface area contributed by atoms with Crippen molar-refractivity contribution in [2.75, 3.05) is 11.9 Å². The van der Waals surface area contributed by atoms with Crippen LogP contribution in [0.2, 0.25) is 0 Å². The highest BCUT2D eigenvalue weighted by Gasteiger charge is 2.07. The molecular weight excluding hydrogens is 380 g/mol. The summed E-state index contributed by atoms with van der Waals surface area (Å²) in [5, 5.41) is 2.75. The van der Waals surface area contributed by atoms with E-state index in [0.29, 0.717) is 12.4 Å². The molecule has 0 atom stereocenters. The second-order valence-corrected chi connectivity index (χ2v) is 6.29. The predicted octanol–water partition coefficient (Wildman–Crippen LogP) is 4.92. The van der Waals surface area contributed by atoms with Crippen molar-refractivity contribution in [2.24, 2.45) is 0 Å². The average molecular weight is 397 g/mol. The van der Waals surface area contributed by atoms with E-state index < -0.39 is 0 Å². The Morgan fingerprint density at radius 1 is 1.00 bits per heavy atom. The number of aromatic nitrogens is 1. The Kier molecular flexibility index (Phi) is 5.80. The van der Waals surface area contributed by atoms with Gasteiger partial charge in [-0.2, -0.15) is 0 Å². The SMILES string of the molecule is O=C(CCOc1ccccc1-c1ccccc1)Nc1ccc(Br)cn1. The van der Waals surface area contributed by atoms with Crippen LogP contribution in [0.3, 0.4) is 0 Å². The predicted molar refractivity (Wildman–Crippen MR) is 103 cm³/mol. The third-order valence-electron chi connectivity index (χ3n) is 3.55. The zero-order chi connectivity index (χ0) is 17.5. The number of nitrogens with zero attached hydrogens (tertiary/aromatic N) is 1. The minimum absolute atomic E-state index is 0.132. The standard InChI is InChI=1S/C20H17BrN2O2/c21-16-10-11-19(22-14-16)23-20(24)12-13-25-18-9-5-4-8-17(18)15-6-2-1-3-7-15/h1-11,14H,12-13H2,(H,22,23,24). The lowest BCUT2D eigenvalue weighted by molar-refractivity contribution is -0.116. The number of nitrogens with one attached hydrogen (secondary N) is 1. The van der Waals surface area contributed by atoms with Crippen LogP contribution < -0.4 is 10.1 Å². The summed E-state index contributed by atoms with van der Waals surface area (Å²) in [6.45, 7) is 0.298. The van der Waals surface area contributed by atoms with Crippen LogP contribution in [0.15, 0.2) is 77.4 Å². The number of rotatable bonds is 6. The maximum atomic E-state index is 12.0. The second kappa shape index (κ2) is 8.44. The van der Waals surface area contributed by atoms with Crippen molar-refractivity contribution in [3.8, 4) is 16.9 Å². The zero-order valence-corrected chi connectivity index (χ0v) is 15.1. The van der Waals surface area contributed by atoms with Gasteiger partial charge in [-0.05, 0) is 39.7 Å². The summed E-state index contributed by atoms with van der Waals surface area (Å²) in [5.41, 5.74) is 2.10. The molecule has 126 valence electrons. The monoisotopic (exact) mass is 396 g/mol. The molecule has 4 nitrogen and oxygen atoms in total. The third kappa shape index (κ3) is 4.90. The largest absolute Gasteiger partial charge is 0.492 e. The maximum absolute atomic E-state index is 12.0. The molecule has 0 saturated heterocycles. The molecule has 0 bridgehead atoms. The smallest absolute Gasteiger partial charge is 0.228 e. The molecule has 0 unspecified atom stereocenters. The van der Waals surface area contributed by atoms with E-state index in [4.69, 9.17) is 4.74 Å². The fourth-order valence-corrected chi connectivity index (χ4v) is 2.59. The third-order valence-corrected chi connectivity index (χ3v) is 4.02. The van der Waals surface area contributed by atoms with E-state index in [0.717, 1.165) is 21.3 Å². The first-order valence-electron chi connectivity index (χ1n) is 7.91. The molecule has 1 heterocycles. The summed E-state index contributed by atoms with van der Waals surface area (Å²) in [4.78, 5) is 16.1. The summed E-state index contributed by atoms with van der Waals surface area (Å²) in [7, 11) is 0. The fourth-order valence-electron chi connectivity index (χ4n) is 2.36. The molecule has 0 saturated carbocycles. The van der Waals surface area contributed by atoms with Crippen LogP contribution in [0.1, 0.15) is 6.42 Å². The molecule has 0 fully saturated rings. The lowest BCUT2D eigenvalue weighted by Gasteiger charge is -2.11. The molecule has 2 aromatic carbocycles. The van der Waals surface area contributed by atoms with Crippen molar-refractivity contribution in [3.05, 3.63) is 77.4 Å². The lowest BCUT2D eigenvalue weighted by Crippen LogP contribution is -2.16. The quantitative estimate of drug-likeness (QED) is 0.643. The normalized spacial score (nSPS) is 10.3. The number of carbonyl (C=O) groups is 1. The van der Waals surface area contributed by atoms with Gasteiger partial charge in [-0.25, -0.2) is 4.98 Å². The summed E-state index contributed by atoms with van der Waals surface area (Å²) in [6, 6.07) is 21.4. The Morgan fingerprint density at radius 2 is 1.76 bits per heavy atom. The molecule has 3 aromatic rings. The van der Waals surface area contributed by atoms with Crippen LogP contribution in [0, 0.1) is 0 Å². The van der Waals surface area contributed by atoms with Gasteiger partial charge in [-0.15, -0.1) is 0 Å². The van der Waals surface area contributed by atoms with Crippen molar-refractivity contribution >= 4 is 27.7 Å². The van der Waals surface area contributed by atoms with Crippen molar-refractivity contribution in [2.45, 2.75) is 6.42 Å². The number of benzene rings is 2. The van der Waals surface area contributed by atoms with Crippen LogP contribution in [0.5, 0.6) is 5.75 Å². The molecule has 0 aliphatic heterocycles. The summed E-state index contributed by atoms with van der Waals surface area (Å²) >= 11 is 3.31. The Hall–Kier alpha value is -2.66. The van der Waals surface area contributed by atoms with Gasteiger partial charge in [-0.1, -0.05) is 48.5 Å². The van der Waals surface area contributed by atoms with Gasteiger partial charge in [-0.3, -0.25) is 4.79 Å². The van der Waals surface area contributed by atoms with Crippen LogP contribution in [-0.4, -0.2) is 17.5 Å². The van der Waals surface area contributed by atoms with Gasteiger partial charge < -0.3 is 10.1 Å². The van der Waals surface area contributed by atoms with Gasteiger partial charge in [0.1, 0.15) is 11.6 Å². The maximum Gasteiger partial charge on any atom is 0.228 e. The molecule has 0 radical (unpaired) electrons. The number of carbonyl (C=O) groups excluding carboxylic acids is 1. The fraction of sp³-hybridized carbons (Fsp3) is 0.100. The Labute approximate surface area is 155 Å². The highest BCUT2D eigenvalue weighted by Crippen LogP contribution is 2.29. The molecular formula is C20H17BrN2O2. The van der Waals surface area contributed by atoms with Crippen LogP contribution in [-0.2, 0) is 4.79 Å². The van der Waals surface area contributed by atoms with Gasteiger partial charge >= 0.3 is 0 Å². The van der Waals surface area contributed by atoms with E-state index in [-0.39, 0.29) is 12.3 Å². The van der Waals surface area contributed by atoms with Gasteiger partial charge in [0.05, 0.1) is 13.0 Å². The van der Waals surface area contributed by atoms with E-state index >= 15 is 0 Å². The first-order chi connectivity index (χ1) is 12.2. The molecule has 1 N–H and O–H groups in total. The minimum Gasteiger partial charge on any atom is -0.492 e. The van der Waals surface area contributed by atoms with Gasteiger partial charge in [0.2, 0.25) is 5.91 Å². The lowest BCUT2D eigenvalue weighted by atomic mass is 10.1. The van der Waals surface area contributed by atoms with Crippen molar-refractivity contribution < 1.29 is 9.53 Å². The van der Waals surface area contributed by atoms with Crippen LogP contribution >= 0.6 is 15.9 Å². The van der Waals surface area contributed by atoms with E-state index in [9.17, 15) is 4.79 Å². The number of para-hydroxylation sites is 1. The molecule has 5 heteroatoms. The Bertz CT molecular complexity index is 836. The van der Waals surface area contributed by atoms with Crippen molar-refractivity contribution in [1.82, 2.24) is 4.98 Å². The molecule has 1 aromatic heterocycles. The van der Waals surface area contributed by atoms with E-state index in [1.54, 1.807) is 12.3 Å². The minimum atomic E-state index is -0.132. The first kappa shape index (κ1) is 17.2. The van der Waals surface area contributed by atoms with Gasteiger partial charge in [0, 0.05) is 16.2 Å². The molecule has 0 spiro atoms. The van der Waals surface area contributed by atoms with E-state index in [1.807, 2.05) is 60.7 Å². The topological polar surface area (TPSA) is 51.2 Å². The van der Waals surface area contributed by atoms with Crippen LogP contribution in [0.25, 0.3) is 11.1 Å². The molecule has 25 heavy (non-hydrogen) atoms. The van der Waals surface area contributed by atoms with Crippen molar-refractivity contribution in [3.63, 3.8) is 0 Å². The number of pyridine rings is 1. The van der Waals surface area contributed by atoms with Gasteiger partial charge in [0.25, 0.3) is 0 Å². The number of hydrogen-bond acceptors (Lipinski definition) is 3.